The largest absolute Gasteiger partial charge is 0.312 e. The minimum absolute atomic E-state index is 0.0407. The summed E-state index contributed by atoms with van der Waals surface area (Å²) in [6.45, 7) is 4.49. The average molecular weight is 274 g/mol. The molecule has 0 saturated heterocycles. The molecule has 0 fully saturated rings. The highest BCUT2D eigenvalue weighted by Gasteiger charge is 2.32. The van der Waals surface area contributed by atoms with Gasteiger partial charge in [0.05, 0.1) is 0 Å². The molecule has 0 radical (unpaired) electrons. The molecular weight excluding hydrogens is 254 g/mol. The van der Waals surface area contributed by atoms with Gasteiger partial charge in [0.1, 0.15) is 0 Å². The summed E-state index contributed by atoms with van der Waals surface area (Å²) in [5.74, 6) is 0. The van der Waals surface area contributed by atoms with Gasteiger partial charge in [0.15, 0.2) is 0 Å². The molecule has 2 heteroatoms. The Morgan fingerprint density at radius 1 is 0.947 bits per heavy atom. The van der Waals surface area contributed by atoms with E-state index in [4.69, 9.17) is 11.6 Å². The van der Waals surface area contributed by atoms with Crippen molar-refractivity contribution in [2.45, 2.75) is 25.3 Å². The molecule has 0 aliphatic rings. The highest BCUT2D eigenvalue weighted by atomic mass is 35.5. The summed E-state index contributed by atoms with van der Waals surface area (Å²) in [6.07, 6.45) is 0. The first-order valence-corrected chi connectivity index (χ1v) is 6.92. The Bertz CT molecular complexity index is 534. The van der Waals surface area contributed by atoms with Crippen LogP contribution in [0.2, 0.25) is 5.02 Å². The van der Waals surface area contributed by atoms with Crippen LogP contribution in [0.4, 0.5) is 0 Å². The van der Waals surface area contributed by atoms with Gasteiger partial charge in [-0.05, 0) is 24.2 Å². The molecule has 2 aromatic rings. The molecule has 1 unspecified atom stereocenters. The summed E-state index contributed by atoms with van der Waals surface area (Å²) < 4.78 is 0. The van der Waals surface area contributed by atoms with E-state index >= 15 is 0 Å². The summed E-state index contributed by atoms with van der Waals surface area (Å²) >= 11 is 6.35. The highest BCUT2D eigenvalue weighted by molar-refractivity contribution is 6.31. The maximum absolute atomic E-state index is 6.35. The predicted octanol–water partition coefficient (Wildman–Crippen LogP) is 4.58. The fraction of sp³-hybridized carbons (Fsp3) is 0.294. The fourth-order valence-corrected chi connectivity index (χ4v) is 2.89. The molecule has 2 aromatic carbocycles. The Labute approximate surface area is 120 Å². The second-order valence-corrected chi connectivity index (χ2v) is 5.74. The molecule has 0 heterocycles. The second kappa shape index (κ2) is 5.77. The number of hydrogen-bond donors (Lipinski definition) is 1. The number of rotatable bonds is 4. The molecule has 0 spiro atoms. The summed E-state index contributed by atoms with van der Waals surface area (Å²) in [7, 11) is 1.98. The Balaban J connectivity index is 2.45. The van der Waals surface area contributed by atoms with Crippen molar-refractivity contribution >= 4 is 11.6 Å². The first-order chi connectivity index (χ1) is 9.07. The zero-order chi connectivity index (χ0) is 13.9. The third-order valence-corrected chi connectivity index (χ3v) is 4.09. The van der Waals surface area contributed by atoms with Gasteiger partial charge < -0.3 is 5.32 Å². The lowest BCUT2D eigenvalue weighted by Gasteiger charge is -2.35. The molecule has 19 heavy (non-hydrogen) atoms. The van der Waals surface area contributed by atoms with Crippen LogP contribution in [-0.2, 0) is 5.41 Å². The number of nitrogens with one attached hydrogen (secondary N) is 1. The Kier molecular flexibility index (Phi) is 4.28. The van der Waals surface area contributed by atoms with Gasteiger partial charge in [-0.2, -0.15) is 0 Å². The van der Waals surface area contributed by atoms with Crippen molar-refractivity contribution < 1.29 is 0 Å². The van der Waals surface area contributed by atoms with Gasteiger partial charge >= 0.3 is 0 Å². The van der Waals surface area contributed by atoms with Crippen LogP contribution in [0, 0.1) is 0 Å². The van der Waals surface area contributed by atoms with E-state index in [1.165, 1.54) is 5.56 Å². The van der Waals surface area contributed by atoms with E-state index in [-0.39, 0.29) is 11.5 Å². The Morgan fingerprint density at radius 2 is 1.53 bits per heavy atom. The number of halogens is 1. The van der Waals surface area contributed by atoms with E-state index in [9.17, 15) is 0 Å². The van der Waals surface area contributed by atoms with Crippen LogP contribution in [-0.4, -0.2) is 7.05 Å². The van der Waals surface area contributed by atoms with Gasteiger partial charge in [-0.15, -0.1) is 0 Å². The lowest BCUT2D eigenvalue weighted by molar-refractivity contribution is 0.369. The van der Waals surface area contributed by atoms with Crippen LogP contribution >= 0.6 is 11.6 Å². The van der Waals surface area contributed by atoms with Crippen LogP contribution in [0.3, 0.4) is 0 Å². The molecule has 1 nitrogen and oxygen atoms in total. The van der Waals surface area contributed by atoms with E-state index < -0.39 is 0 Å². The van der Waals surface area contributed by atoms with Crippen LogP contribution in [0.1, 0.15) is 31.0 Å². The van der Waals surface area contributed by atoms with E-state index in [0.717, 1.165) is 10.6 Å². The highest BCUT2D eigenvalue weighted by Crippen LogP contribution is 2.38. The normalized spacial score (nSPS) is 13.3. The Hall–Kier alpha value is -1.31. The van der Waals surface area contributed by atoms with Gasteiger partial charge in [0.2, 0.25) is 0 Å². The molecule has 0 aromatic heterocycles. The van der Waals surface area contributed by atoms with E-state index in [2.05, 4.69) is 49.5 Å². The van der Waals surface area contributed by atoms with Crippen molar-refractivity contribution in [3.63, 3.8) is 0 Å². The van der Waals surface area contributed by atoms with Gasteiger partial charge in [-0.25, -0.2) is 0 Å². The first kappa shape index (κ1) is 14.1. The van der Waals surface area contributed by atoms with E-state index in [1.54, 1.807) is 0 Å². The smallest absolute Gasteiger partial charge is 0.0454 e. The van der Waals surface area contributed by atoms with Crippen molar-refractivity contribution in [3.8, 4) is 0 Å². The molecule has 0 saturated carbocycles. The van der Waals surface area contributed by atoms with Gasteiger partial charge in [0, 0.05) is 16.5 Å². The molecule has 0 bridgehead atoms. The number of benzene rings is 2. The molecular formula is C17H20ClN. The predicted molar refractivity (Wildman–Crippen MR) is 82.7 cm³/mol. The summed E-state index contributed by atoms with van der Waals surface area (Å²) in [6, 6.07) is 18.7. The molecule has 2 rings (SSSR count). The van der Waals surface area contributed by atoms with Gasteiger partial charge in [-0.3, -0.25) is 0 Å². The summed E-state index contributed by atoms with van der Waals surface area (Å²) in [5.41, 5.74) is 2.40. The average Bonchev–Trinajstić information content (AvgIpc) is 2.42. The van der Waals surface area contributed by atoms with Crippen LogP contribution in [0.15, 0.2) is 54.6 Å². The van der Waals surface area contributed by atoms with Crippen molar-refractivity contribution in [1.29, 1.82) is 0 Å². The Morgan fingerprint density at radius 3 is 2.11 bits per heavy atom. The van der Waals surface area contributed by atoms with Crippen LogP contribution < -0.4 is 5.32 Å². The number of likely N-dealkylation sites (N-methyl/N-ethyl adjacent to an activating group) is 1. The topological polar surface area (TPSA) is 12.0 Å². The van der Waals surface area contributed by atoms with Crippen molar-refractivity contribution in [1.82, 2.24) is 5.32 Å². The van der Waals surface area contributed by atoms with Gasteiger partial charge in [-0.1, -0.05) is 74.0 Å². The molecule has 0 aliphatic carbocycles. The van der Waals surface area contributed by atoms with Crippen LogP contribution in [0.5, 0.6) is 0 Å². The maximum atomic E-state index is 6.35. The molecule has 0 amide bonds. The minimum Gasteiger partial charge on any atom is -0.312 e. The van der Waals surface area contributed by atoms with Gasteiger partial charge in [0.25, 0.3) is 0 Å². The third kappa shape index (κ3) is 2.83. The van der Waals surface area contributed by atoms with E-state index in [1.807, 2.05) is 31.3 Å². The molecule has 100 valence electrons. The zero-order valence-electron chi connectivity index (χ0n) is 11.7. The minimum atomic E-state index is -0.0407. The SMILES string of the molecule is CNC(c1ccccc1Cl)C(C)(C)c1ccccc1. The fourth-order valence-electron chi connectivity index (χ4n) is 2.65. The lowest BCUT2D eigenvalue weighted by Crippen LogP contribution is -2.35. The van der Waals surface area contributed by atoms with E-state index in [0.29, 0.717) is 0 Å². The molecule has 1 N–H and O–H groups in total. The number of hydrogen-bond acceptors (Lipinski definition) is 1. The maximum Gasteiger partial charge on any atom is 0.0454 e. The zero-order valence-corrected chi connectivity index (χ0v) is 12.4. The first-order valence-electron chi connectivity index (χ1n) is 6.54. The second-order valence-electron chi connectivity index (χ2n) is 5.33. The standard InChI is InChI=1S/C17H20ClN/c1-17(2,13-9-5-4-6-10-13)16(19-3)14-11-7-8-12-15(14)18/h4-12,16,19H,1-3H3. The lowest BCUT2D eigenvalue weighted by atomic mass is 9.75. The monoisotopic (exact) mass is 273 g/mol. The van der Waals surface area contributed by atoms with Crippen LogP contribution in [0.25, 0.3) is 0 Å². The van der Waals surface area contributed by atoms with Crippen molar-refractivity contribution in [3.05, 3.63) is 70.7 Å². The quantitative estimate of drug-likeness (QED) is 0.860. The third-order valence-electron chi connectivity index (χ3n) is 3.74. The summed E-state index contributed by atoms with van der Waals surface area (Å²) in [5, 5.41) is 4.22. The summed E-state index contributed by atoms with van der Waals surface area (Å²) in [4.78, 5) is 0. The van der Waals surface area contributed by atoms with Crippen molar-refractivity contribution in [2.24, 2.45) is 0 Å². The molecule has 0 aliphatic heterocycles. The molecule has 1 atom stereocenters. The van der Waals surface area contributed by atoms with Crippen molar-refractivity contribution in [2.75, 3.05) is 7.05 Å².